The molecule has 7 nitrogen and oxygen atoms in total. The van der Waals surface area contributed by atoms with Crippen LogP contribution in [0, 0.1) is 6.92 Å². The summed E-state index contributed by atoms with van der Waals surface area (Å²) in [5.41, 5.74) is 1.46. The van der Waals surface area contributed by atoms with Crippen molar-refractivity contribution in [2.75, 3.05) is 13.2 Å². The molecule has 3 aromatic heterocycles. The molecule has 1 saturated heterocycles. The second-order valence-electron chi connectivity index (χ2n) is 5.92. The second kappa shape index (κ2) is 6.81. The molecule has 2 atom stereocenters. The number of carbonyl (C=O) groups is 1. The van der Waals surface area contributed by atoms with Crippen molar-refractivity contribution in [3.05, 3.63) is 47.4 Å². The van der Waals surface area contributed by atoms with Crippen LogP contribution >= 0.6 is 11.3 Å². The van der Waals surface area contributed by atoms with Crippen molar-refractivity contribution in [2.24, 2.45) is 0 Å². The summed E-state index contributed by atoms with van der Waals surface area (Å²) >= 11 is 1.45. The third-order valence-corrected chi connectivity index (χ3v) is 4.92. The average Bonchev–Trinajstić information content (AvgIpc) is 3.16. The summed E-state index contributed by atoms with van der Waals surface area (Å²) in [4.78, 5) is 22.1. The van der Waals surface area contributed by atoms with E-state index in [-0.39, 0.29) is 18.1 Å². The predicted octanol–water partition coefficient (Wildman–Crippen LogP) is 2.07. The van der Waals surface area contributed by atoms with Gasteiger partial charge < -0.3 is 14.8 Å². The van der Waals surface area contributed by atoms with E-state index in [1.165, 1.54) is 11.3 Å². The van der Waals surface area contributed by atoms with Gasteiger partial charge in [-0.2, -0.15) is 0 Å². The van der Waals surface area contributed by atoms with E-state index in [9.17, 15) is 4.79 Å². The Balaban J connectivity index is 1.50. The molecule has 0 aliphatic carbocycles. The lowest BCUT2D eigenvalue weighted by molar-refractivity contribution is -0.00455. The van der Waals surface area contributed by atoms with Crippen LogP contribution in [0.25, 0.3) is 4.96 Å². The van der Waals surface area contributed by atoms with Gasteiger partial charge in [0.2, 0.25) is 5.88 Å². The number of nitrogens with one attached hydrogen (secondary N) is 1. The van der Waals surface area contributed by atoms with Gasteiger partial charge in [-0.1, -0.05) is 6.07 Å². The predicted molar refractivity (Wildman–Crippen MR) is 93.1 cm³/mol. The minimum absolute atomic E-state index is 0.159. The summed E-state index contributed by atoms with van der Waals surface area (Å²) in [6.07, 6.45) is 4.07. The lowest BCUT2D eigenvalue weighted by Gasteiger charge is -2.31. The zero-order valence-electron chi connectivity index (χ0n) is 13.7. The molecule has 1 fully saturated rings. The van der Waals surface area contributed by atoms with Crippen LogP contribution in [-0.2, 0) is 4.74 Å². The van der Waals surface area contributed by atoms with Gasteiger partial charge in [0.1, 0.15) is 11.8 Å². The van der Waals surface area contributed by atoms with Crippen LogP contribution in [0.1, 0.15) is 22.6 Å². The van der Waals surface area contributed by atoms with Crippen molar-refractivity contribution in [1.82, 2.24) is 19.7 Å². The van der Waals surface area contributed by atoms with E-state index in [1.807, 2.05) is 41.1 Å². The molecule has 0 radical (unpaired) electrons. The van der Waals surface area contributed by atoms with Crippen molar-refractivity contribution >= 4 is 22.2 Å². The van der Waals surface area contributed by atoms with Crippen LogP contribution in [0.5, 0.6) is 5.88 Å². The highest BCUT2D eigenvalue weighted by atomic mass is 32.1. The summed E-state index contributed by atoms with van der Waals surface area (Å²) in [7, 11) is 0. The minimum atomic E-state index is -0.233. The van der Waals surface area contributed by atoms with E-state index in [4.69, 9.17) is 9.47 Å². The first-order valence-electron chi connectivity index (χ1n) is 8.10. The zero-order valence-corrected chi connectivity index (χ0v) is 14.5. The maximum Gasteiger partial charge on any atom is 0.269 e. The van der Waals surface area contributed by atoms with Crippen molar-refractivity contribution < 1.29 is 14.3 Å². The number of aryl methyl sites for hydroxylation is 1. The van der Waals surface area contributed by atoms with E-state index in [1.54, 1.807) is 6.20 Å². The fourth-order valence-corrected chi connectivity index (χ4v) is 3.77. The van der Waals surface area contributed by atoms with E-state index in [0.717, 1.165) is 10.7 Å². The highest BCUT2D eigenvalue weighted by molar-refractivity contribution is 7.15. The molecule has 0 aromatic carbocycles. The number of imidazole rings is 1. The summed E-state index contributed by atoms with van der Waals surface area (Å²) in [6.45, 7) is 2.93. The summed E-state index contributed by atoms with van der Waals surface area (Å²) < 4.78 is 13.3. The minimum Gasteiger partial charge on any atom is -0.472 e. The van der Waals surface area contributed by atoms with Gasteiger partial charge in [-0.05, 0) is 13.0 Å². The first-order chi connectivity index (χ1) is 12.2. The lowest BCUT2D eigenvalue weighted by Crippen LogP contribution is -2.52. The largest absolute Gasteiger partial charge is 0.472 e. The van der Waals surface area contributed by atoms with Gasteiger partial charge in [0, 0.05) is 30.3 Å². The number of ether oxygens (including phenoxy) is 2. The van der Waals surface area contributed by atoms with E-state index in [0.29, 0.717) is 31.2 Å². The van der Waals surface area contributed by atoms with Gasteiger partial charge in [0.05, 0.1) is 24.9 Å². The van der Waals surface area contributed by atoms with E-state index < -0.39 is 0 Å². The Morgan fingerprint density at radius 3 is 3.24 bits per heavy atom. The Labute approximate surface area is 148 Å². The molecule has 1 N–H and O–H groups in total. The normalized spacial score (nSPS) is 20.5. The van der Waals surface area contributed by atoms with Crippen LogP contribution < -0.4 is 10.1 Å². The van der Waals surface area contributed by atoms with Crippen molar-refractivity contribution in [3.63, 3.8) is 0 Å². The topological polar surface area (TPSA) is 77.8 Å². The molecule has 25 heavy (non-hydrogen) atoms. The fourth-order valence-electron chi connectivity index (χ4n) is 2.87. The van der Waals surface area contributed by atoms with Crippen LogP contribution in [-0.4, -0.2) is 45.6 Å². The molecular formula is C17H18N4O3S. The number of thiazole rings is 1. The van der Waals surface area contributed by atoms with Crippen molar-refractivity contribution in [3.8, 4) is 5.88 Å². The van der Waals surface area contributed by atoms with Crippen LogP contribution in [0.2, 0.25) is 0 Å². The number of nitrogens with zero attached hydrogens (tertiary/aromatic N) is 3. The van der Waals surface area contributed by atoms with E-state index >= 15 is 0 Å². The number of hydrogen-bond donors (Lipinski definition) is 1. The quantitative estimate of drug-likeness (QED) is 0.772. The number of amides is 1. The first-order valence-corrected chi connectivity index (χ1v) is 8.98. The van der Waals surface area contributed by atoms with Gasteiger partial charge in [-0.25, -0.2) is 9.97 Å². The third kappa shape index (κ3) is 3.35. The van der Waals surface area contributed by atoms with Gasteiger partial charge in [0.25, 0.3) is 5.91 Å². The average molecular weight is 358 g/mol. The molecule has 8 heteroatoms. The van der Waals surface area contributed by atoms with Crippen LogP contribution in [0.15, 0.2) is 36.0 Å². The Kier molecular flexibility index (Phi) is 4.37. The number of fused-ring (bicyclic) bond motifs is 1. The SMILES string of the molecule is Cc1cn2c(C(=O)N[C@@H]3COCC[C@H]3Oc3ccccn3)csc2n1. The molecule has 1 amide bonds. The number of carbonyl (C=O) groups excluding carboxylic acids is 1. The maximum absolute atomic E-state index is 12.7. The van der Waals surface area contributed by atoms with Gasteiger partial charge in [-0.3, -0.25) is 9.20 Å². The molecule has 130 valence electrons. The Hall–Kier alpha value is -2.45. The Bertz CT molecular complexity index is 877. The van der Waals surface area contributed by atoms with Crippen LogP contribution in [0.3, 0.4) is 0 Å². The number of hydrogen-bond acceptors (Lipinski definition) is 6. The molecule has 4 heterocycles. The molecule has 3 aromatic rings. The molecule has 0 saturated carbocycles. The van der Waals surface area contributed by atoms with Gasteiger partial charge >= 0.3 is 0 Å². The Morgan fingerprint density at radius 2 is 2.40 bits per heavy atom. The smallest absolute Gasteiger partial charge is 0.269 e. The van der Waals surface area contributed by atoms with Crippen LogP contribution in [0.4, 0.5) is 0 Å². The molecule has 0 unspecified atom stereocenters. The van der Waals surface area contributed by atoms with Gasteiger partial charge in [-0.15, -0.1) is 11.3 Å². The second-order valence-corrected chi connectivity index (χ2v) is 6.76. The maximum atomic E-state index is 12.7. The van der Waals surface area contributed by atoms with Crippen molar-refractivity contribution in [1.29, 1.82) is 0 Å². The van der Waals surface area contributed by atoms with Gasteiger partial charge in [0.15, 0.2) is 4.96 Å². The number of pyridine rings is 1. The standard InChI is InChI=1S/C17H18N4O3S/c1-11-8-21-13(10-25-17(21)19-11)16(22)20-12-9-23-7-5-14(12)24-15-4-2-3-6-18-15/h2-4,6,8,10,12,14H,5,7,9H2,1H3,(H,20,22)/t12-,14-/m1/s1. The molecule has 1 aliphatic rings. The van der Waals surface area contributed by atoms with Crippen molar-refractivity contribution in [2.45, 2.75) is 25.5 Å². The Morgan fingerprint density at radius 1 is 1.48 bits per heavy atom. The summed E-state index contributed by atoms with van der Waals surface area (Å²) in [5, 5.41) is 4.85. The molecule has 0 bridgehead atoms. The molecule has 1 aliphatic heterocycles. The number of rotatable bonds is 4. The number of aromatic nitrogens is 3. The summed E-state index contributed by atoms with van der Waals surface area (Å²) in [6, 6.07) is 5.29. The molecule has 0 spiro atoms. The lowest BCUT2D eigenvalue weighted by atomic mass is 10.1. The monoisotopic (exact) mass is 358 g/mol. The fraction of sp³-hybridized carbons (Fsp3) is 0.353. The zero-order chi connectivity index (χ0) is 17.2. The van der Waals surface area contributed by atoms with E-state index in [2.05, 4.69) is 15.3 Å². The first kappa shape index (κ1) is 16.0. The molecular weight excluding hydrogens is 340 g/mol. The highest BCUT2D eigenvalue weighted by Gasteiger charge is 2.30. The third-order valence-electron chi connectivity index (χ3n) is 4.08. The summed E-state index contributed by atoms with van der Waals surface area (Å²) in [5.74, 6) is 0.394. The highest BCUT2D eigenvalue weighted by Crippen LogP contribution is 2.19. The molecule has 4 rings (SSSR count).